The number of sulfone groups is 1. The highest BCUT2D eigenvalue weighted by Crippen LogP contribution is 2.17. The van der Waals surface area contributed by atoms with Gasteiger partial charge in [0.25, 0.3) is 0 Å². The van der Waals surface area contributed by atoms with Crippen molar-refractivity contribution in [3.05, 3.63) is 30.1 Å². The minimum Gasteiger partial charge on any atom is -0.381 e. The standard InChI is InChI=1S/C10H12FNO2S/c11-8-1-3-9(4-2-8)12-10-5-6-15(13,14)7-10/h1-4,10,12H,5-7H2. The monoisotopic (exact) mass is 229 g/mol. The number of rotatable bonds is 2. The van der Waals surface area contributed by atoms with Gasteiger partial charge < -0.3 is 5.32 Å². The van der Waals surface area contributed by atoms with Gasteiger partial charge in [0, 0.05) is 11.7 Å². The molecule has 0 spiro atoms. The van der Waals surface area contributed by atoms with Crippen molar-refractivity contribution in [2.45, 2.75) is 12.5 Å². The molecule has 1 saturated heterocycles. The van der Waals surface area contributed by atoms with Gasteiger partial charge in [-0.2, -0.15) is 0 Å². The van der Waals surface area contributed by atoms with E-state index in [9.17, 15) is 12.8 Å². The third-order valence-electron chi connectivity index (χ3n) is 2.45. The molecule has 1 unspecified atom stereocenters. The molecule has 1 heterocycles. The SMILES string of the molecule is O=S1(=O)CCC(Nc2ccc(F)cc2)C1. The molecule has 82 valence electrons. The highest BCUT2D eigenvalue weighted by atomic mass is 32.2. The van der Waals surface area contributed by atoms with E-state index in [2.05, 4.69) is 5.32 Å². The van der Waals surface area contributed by atoms with Crippen LogP contribution in [0.3, 0.4) is 0 Å². The summed E-state index contributed by atoms with van der Waals surface area (Å²) in [4.78, 5) is 0. The van der Waals surface area contributed by atoms with Crippen LogP contribution in [0.4, 0.5) is 10.1 Å². The van der Waals surface area contributed by atoms with E-state index in [1.165, 1.54) is 12.1 Å². The van der Waals surface area contributed by atoms with Gasteiger partial charge in [-0.25, -0.2) is 12.8 Å². The maximum Gasteiger partial charge on any atom is 0.152 e. The molecule has 0 aliphatic carbocycles. The Bertz CT molecular complexity index is 441. The summed E-state index contributed by atoms with van der Waals surface area (Å²) in [5, 5.41) is 3.08. The first-order valence-electron chi connectivity index (χ1n) is 4.78. The lowest BCUT2D eigenvalue weighted by Crippen LogP contribution is -2.20. The maximum atomic E-state index is 12.6. The third kappa shape index (κ3) is 2.68. The minimum atomic E-state index is -2.86. The van der Waals surface area contributed by atoms with Crippen molar-refractivity contribution in [3.63, 3.8) is 0 Å². The summed E-state index contributed by atoms with van der Waals surface area (Å²) < 4.78 is 35.0. The topological polar surface area (TPSA) is 46.2 Å². The van der Waals surface area contributed by atoms with Crippen molar-refractivity contribution in [1.29, 1.82) is 0 Å². The first-order valence-corrected chi connectivity index (χ1v) is 6.60. The molecule has 0 bridgehead atoms. The van der Waals surface area contributed by atoms with E-state index in [-0.39, 0.29) is 23.4 Å². The van der Waals surface area contributed by atoms with Crippen molar-refractivity contribution in [2.24, 2.45) is 0 Å². The number of anilines is 1. The highest BCUT2D eigenvalue weighted by molar-refractivity contribution is 7.91. The van der Waals surface area contributed by atoms with Crippen LogP contribution in [0.2, 0.25) is 0 Å². The van der Waals surface area contributed by atoms with Crippen molar-refractivity contribution in [2.75, 3.05) is 16.8 Å². The third-order valence-corrected chi connectivity index (χ3v) is 4.22. The van der Waals surface area contributed by atoms with Gasteiger partial charge in [0.1, 0.15) is 5.82 Å². The zero-order valence-electron chi connectivity index (χ0n) is 8.11. The zero-order valence-corrected chi connectivity index (χ0v) is 8.93. The molecular formula is C10H12FNO2S. The predicted octanol–water partition coefficient (Wildman–Crippen LogP) is 1.42. The molecule has 0 radical (unpaired) electrons. The van der Waals surface area contributed by atoms with Gasteiger partial charge in [-0.15, -0.1) is 0 Å². The molecule has 1 N–H and O–H groups in total. The smallest absolute Gasteiger partial charge is 0.152 e. The van der Waals surface area contributed by atoms with Gasteiger partial charge in [0.05, 0.1) is 11.5 Å². The van der Waals surface area contributed by atoms with Crippen LogP contribution < -0.4 is 5.32 Å². The molecule has 1 aromatic rings. The van der Waals surface area contributed by atoms with Gasteiger partial charge in [-0.05, 0) is 30.7 Å². The molecule has 1 aliphatic rings. The molecule has 1 aromatic carbocycles. The largest absolute Gasteiger partial charge is 0.381 e. The van der Waals surface area contributed by atoms with Gasteiger partial charge in [0.15, 0.2) is 9.84 Å². The molecule has 1 aliphatic heterocycles. The molecular weight excluding hydrogens is 217 g/mol. The van der Waals surface area contributed by atoms with E-state index >= 15 is 0 Å². The Hall–Kier alpha value is -1.10. The summed E-state index contributed by atoms with van der Waals surface area (Å²) in [6, 6.07) is 5.89. The first kappa shape index (κ1) is 10.4. The van der Waals surface area contributed by atoms with Crippen LogP contribution in [0.1, 0.15) is 6.42 Å². The van der Waals surface area contributed by atoms with E-state index in [1.807, 2.05) is 0 Å². The van der Waals surface area contributed by atoms with Crippen LogP contribution in [0, 0.1) is 5.82 Å². The lowest BCUT2D eigenvalue weighted by atomic mass is 10.2. The fraction of sp³-hybridized carbons (Fsp3) is 0.400. The molecule has 1 atom stereocenters. The van der Waals surface area contributed by atoms with Gasteiger partial charge in [-0.3, -0.25) is 0 Å². The molecule has 0 aromatic heterocycles. The summed E-state index contributed by atoms with van der Waals surface area (Å²) >= 11 is 0. The Labute approximate surface area is 88.2 Å². The predicted molar refractivity (Wildman–Crippen MR) is 57.1 cm³/mol. The van der Waals surface area contributed by atoms with Gasteiger partial charge in [0.2, 0.25) is 0 Å². The number of benzene rings is 1. The molecule has 0 amide bonds. The molecule has 1 fully saturated rings. The number of nitrogens with one attached hydrogen (secondary N) is 1. The summed E-state index contributed by atoms with van der Waals surface area (Å²) in [5.74, 6) is 0.121. The molecule has 15 heavy (non-hydrogen) atoms. The Morgan fingerprint density at radius 2 is 1.93 bits per heavy atom. The van der Waals surface area contributed by atoms with E-state index in [0.717, 1.165) is 5.69 Å². The highest BCUT2D eigenvalue weighted by Gasteiger charge is 2.27. The van der Waals surface area contributed by atoms with Gasteiger partial charge in [-0.1, -0.05) is 0 Å². The fourth-order valence-corrected chi connectivity index (χ4v) is 3.36. The summed E-state index contributed by atoms with van der Waals surface area (Å²) in [7, 11) is -2.86. The minimum absolute atomic E-state index is 0.0412. The zero-order chi connectivity index (χ0) is 10.9. The Balaban J connectivity index is 2.02. The maximum absolute atomic E-state index is 12.6. The summed E-state index contributed by atoms with van der Waals surface area (Å²) in [6.45, 7) is 0. The van der Waals surface area contributed by atoms with Crippen molar-refractivity contribution in [1.82, 2.24) is 0 Å². The van der Waals surface area contributed by atoms with Crippen LogP contribution in [0.5, 0.6) is 0 Å². The lowest BCUT2D eigenvalue weighted by Gasteiger charge is -2.11. The lowest BCUT2D eigenvalue weighted by molar-refractivity contribution is 0.602. The molecule has 5 heteroatoms. The summed E-state index contributed by atoms with van der Waals surface area (Å²) in [5.41, 5.74) is 0.763. The van der Waals surface area contributed by atoms with Crippen LogP contribution in [0.15, 0.2) is 24.3 Å². The second kappa shape index (κ2) is 3.81. The van der Waals surface area contributed by atoms with E-state index in [4.69, 9.17) is 0 Å². The van der Waals surface area contributed by atoms with E-state index in [1.54, 1.807) is 12.1 Å². The number of halogens is 1. The molecule has 2 rings (SSSR count). The second-order valence-electron chi connectivity index (χ2n) is 3.75. The van der Waals surface area contributed by atoms with Crippen LogP contribution in [0.25, 0.3) is 0 Å². The van der Waals surface area contributed by atoms with Crippen molar-refractivity contribution < 1.29 is 12.8 Å². The Morgan fingerprint density at radius 1 is 1.27 bits per heavy atom. The summed E-state index contributed by atoms with van der Waals surface area (Å²) in [6.07, 6.45) is 0.625. The first-order chi connectivity index (χ1) is 7.05. The second-order valence-corrected chi connectivity index (χ2v) is 5.98. The van der Waals surface area contributed by atoms with Crippen LogP contribution in [-0.2, 0) is 9.84 Å². The average molecular weight is 229 g/mol. The number of hydrogen-bond acceptors (Lipinski definition) is 3. The van der Waals surface area contributed by atoms with Crippen molar-refractivity contribution in [3.8, 4) is 0 Å². The quantitative estimate of drug-likeness (QED) is 0.834. The molecule has 0 saturated carbocycles. The van der Waals surface area contributed by atoms with Gasteiger partial charge >= 0.3 is 0 Å². The van der Waals surface area contributed by atoms with Crippen molar-refractivity contribution >= 4 is 15.5 Å². The number of hydrogen-bond donors (Lipinski definition) is 1. The van der Waals surface area contributed by atoms with E-state index in [0.29, 0.717) is 6.42 Å². The average Bonchev–Trinajstić information content (AvgIpc) is 2.50. The Morgan fingerprint density at radius 3 is 2.47 bits per heavy atom. The normalized spacial score (nSPS) is 23.9. The van der Waals surface area contributed by atoms with Crippen LogP contribution >= 0.6 is 0 Å². The molecule has 3 nitrogen and oxygen atoms in total. The Kier molecular flexibility index (Phi) is 2.65. The van der Waals surface area contributed by atoms with Crippen LogP contribution in [-0.4, -0.2) is 26.0 Å². The van der Waals surface area contributed by atoms with E-state index < -0.39 is 9.84 Å². The fourth-order valence-electron chi connectivity index (χ4n) is 1.69.